The normalized spacial score (nSPS) is 12.0. The van der Waals surface area contributed by atoms with E-state index >= 15 is 0 Å². The number of carbonyl (C=O) groups excluding carboxylic acids is 2. The quantitative estimate of drug-likeness (QED) is 0.151. The van der Waals surface area contributed by atoms with E-state index in [1.54, 1.807) is 10.9 Å². The smallest absolute Gasteiger partial charge is 0.324 e. The number of pyridine rings is 1. The summed E-state index contributed by atoms with van der Waals surface area (Å²) >= 11 is 0. The molecule has 3 amide bonds. The number of fused-ring (bicyclic) bond motifs is 1. The maximum absolute atomic E-state index is 13.4. The van der Waals surface area contributed by atoms with Gasteiger partial charge in [-0.3, -0.25) is 10.1 Å². The molecule has 0 aliphatic carbocycles. The highest BCUT2D eigenvalue weighted by Gasteiger charge is 2.22. The average molecular weight is 621 g/mol. The van der Waals surface area contributed by atoms with Crippen molar-refractivity contribution in [2.75, 3.05) is 29.7 Å². The summed E-state index contributed by atoms with van der Waals surface area (Å²) in [5.41, 5.74) is 4.28. The molecule has 10 nitrogen and oxygen atoms in total. The van der Waals surface area contributed by atoms with E-state index in [1.165, 1.54) is 7.11 Å². The van der Waals surface area contributed by atoms with Gasteiger partial charge < -0.3 is 20.1 Å². The van der Waals surface area contributed by atoms with Crippen LogP contribution in [0.15, 0.2) is 85.1 Å². The molecule has 1 atom stereocenters. The molecule has 1 unspecified atom stereocenters. The Morgan fingerprint density at radius 3 is 2.37 bits per heavy atom. The highest BCUT2D eigenvalue weighted by molar-refractivity contribution is 6.07. The van der Waals surface area contributed by atoms with Crippen LogP contribution in [0.25, 0.3) is 16.5 Å². The fraction of sp³-hybridized carbons (Fsp3) is 0.278. The molecular formula is C36H40N6O4. The molecule has 0 bridgehead atoms. The lowest BCUT2D eigenvalue weighted by Crippen LogP contribution is -2.21. The second-order valence-electron chi connectivity index (χ2n) is 12.3. The van der Waals surface area contributed by atoms with E-state index in [4.69, 9.17) is 14.6 Å². The molecule has 0 fully saturated rings. The Hall–Kier alpha value is -5.22. The Labute approximate surface area is 269 Å². The van der Waals surface area contributed by atoms with Crippen LogP contribution in [0.5, 0.6) is 5.75 Å². The molecule has 0 aliphatic heterocycles. The van der Waals surface area contributed by atoms with E-state index in [9.17, 15) is 9.59 Å². The third kappa shape index (κ3) is 7.89. The lowest BCUT2D eigenvalue weighted by molar-refractivity contribution is -0.119. The predicted molar refractivity (Wildman–Crippen MR) is 182 cm³/mol. The molecule has 2 heterocycles. The van der Waals surface area contributed by atoms with Gasteiger partial charge in [-0.1, -0.05) is 62.7 Å². The first-order chi connectivity index (χ1) is 22.0. The first-order valence-corrected chi connectivity index (χ1v) is 15.2. The van der Waals surface area contributed by atoms with Crippen LogP contribution in [0, 0.1) is 6.92 Å². The van der Waals surface area contributed by atoms with Crippen LogP contribution in [0.4, 0.5) is 22.1 Å². The molecule has 5 aromatic rings. The Balaban J connectivity index is 1.32. The fourth-order valence-electron chi connectivity index (χ4n) is 5.04. The van der Waals surface area contributed by atoms with Gasteiger partial charge in [-0.25, -0.2) is 14.5 Å². The molecular weight excluding hydrogens is 580 g/mol. The van der Waals surface area contributed by atoms with Crippen molar-refractivity contribution in [1.29, 1.82) is 0 Å². The zero-order valence-corrected chi connectivity index (χ0v) is 27.0. The number of carbonyl (C=O) groups is 2. The zero-order chi connectivity index (χ0) is 32.8. The second kappa shape index (κ2) is 13.8. The van der Waals surface area contributed by atoms with Gasteiger partial charge in [0.15, 0.2) is 0 Å². The number of hydrogen-bond donors (Lipinski definition) is 3. The highest BCUT2D eigenvalue weighted by atomic mass is 16.5. The van der Waals surface area contributed by atoms with Gasteiger partial charge >= 0.3 is 6.03 Å². The number of ether oxygens (including phenoxy) is 2. The zero-order valence-electron chi connectivity index (χ0n) is 27.0. The first kappa shape index (κ1) is 32.2. The lowest BCUT2D eigenvalue weighted by atomic mass is 9.92. The molecule has 10 heteroatoms. The lowest BCUT2D eigenvalue weighted by Gasteiger charge is -2.18. The van der Waals surface area contributed by atoms with Crippen LogP contribution in [0.1, 0.15) is 44.5 Å². The number of nitrogens with zero attached hydrogens (tertiary/aromatic N) is 3. The van der Waals surface area contributed by atoms with Crippen molar-refractivity contribution < 1.29 is 19.1 Å². The summed E-state index contributed by atoms with van der Waals surface area (Å²) in [6.07, 6.45) is 2.07. The van der Waals surface area contributed by atoms with Crippen molar-refractivity contribution in [3.63, 3.8) is 0 Å². The number of urea groups is 1. The Bertz CT molecular complexity index is 1840. The van der Waals surface area contributed by atoms with Crippen molar-refractivity contribution in [3.8, 4) is 11.4 Å². The SMILES string of the molecule is COCC(=O)Nc1cc(CC(C)Oc2ccc(NC(=O)Nc3cc(C(C)(C)C)nn3-c3ccc(C)cc3)c3ccccc23)ccn1. The van der Waals surface area contributed by atoms with E-state index in [-0.39, 0.29) is 30.1 Å². The summed E-state index contributed by atoms with van der Waals surface area (Å²) in [7, 11) is 1.47. The van der Waals surface area contributed by atoms with E-state index < -0.39 is 0 Å². The maximum Gasteiger partial charge on any atom is 0.324 e. The summed E-state index contributed by atoms with van der Waals surface area (Å²) in [5, 5.41) is 15.3. The Morgan fingerprint density at radius 1 is 0.913 bits per heavy atom. The average Bonchev–Trinajstić information content (AvgIpc) is 3.43. The van der Waals surface area contributed by atoms with Gasteiger partial charge in [-0.05, 0) is 55.8 Å². The van der Waals surface area contributed by atoms with Gasteiger partial charge in [-0.15, -0.1) is 0 Å². The van der Waals surface area contributed by atoms with E-state index in [0.717, 1.165) is 33.3 Å². The van der Waals surface area contributed by atoms with E-state index in [1.807, 2.05) is 92.7 Å². The molecule has 3 N–H and O–H groups in total. The summed E-state index contributed by atoms with van der Waals surface area (Å²) in [5.74, 6) is 1.46. The van der Waals surface area contributed by atoms with Crippen molar-refractivity contribution in [2.45, 2.75) is 52.6 Å². The standard InChI is InChI=1S/C36H40N6O4/c1-23-11-13-26(14-12-23)42-33(21-31(41-42)36(3,4)5)40-35(44)38-29-15-16-30(28-10-8-7-9-27(28)29)46-24(2)19-25-17-18-37-32(20-25)39-34(43)22-45-6/h7-18,20-21,24H,19,22H2,1-6H3,(H,37,39,43)(H2,38,40,44). The first-order valence-electron chi connectivity index (χ1n) is 15.2. The maximum atomic E-state index is 13.4. The molecule has 0 saturated carbocycles. The summed E-state index contributed by atoms with van der Waals surface area (Å²) in [6, 6.07) is 24.8. The summed E-state index contributed by atoms with van der Waals surface area (Å²) < 4.78 is 13.0. The number of aryl methyl sites for hydroxylation is 1. The molecule has 0 aliphatic rings. The summed E-state index contributed by atoms with van der Waals surface area (Å²) in [6.45, 7) is 10.3. The minimum absolute atomic E-state index is 0.0404. The number of hydrogen-bond acceptors (Lipinski definition) is 6. The third-order valence-electron chi connectivity index (χ3n) is 7.35. The largest absolute Gasteiger partial charge is 0.490 e. The second-order valence-corrected chi connectivity index (χ2v) is 12.3. The van der Waals surface area contributed by atoms with Crippen molar-refractivity contribution >= 4 is 40.0 Å². The number of benzene rings is 3. The van der Waals surface area contributed by atoms with Crippen LogP contribution < -0.4 is 20.7 Å². The number of methoxy groups -OCH3 is 1. The van der Waals surface area contributed by atoms with Crippen LogP contribution in [-0.2, 0) is 21.4 Å². The Kier molecular flexibility index (Phi) is 9.67. The fourth-order valence-corrected chi connectivity index (χ4v) is 5.04. The highest BCUT2D eigenvalue weighted by Crippen LogP contribution is 2.33. The van der Waals surface area contributed by atoms with Crippen molar-refractivity contribution in [3.05, 3.63) is 102 Å². The van der Waals surface area contributed by atoms with Gasteiger partial charge in [0.05, 0.1) is 23.2 Å². The van der Waals surface area contributed by atoms with Gasteiger partial charge in [-0.2, -0.15) is 5.10 Å². The van der Waals surface area contributed by atoms with Gasteiger partial charge in [0.2, 0.25) is 0 Å². The van der Waals surface area contributed by atoms with Crippen LogP contribution in [0.3, 0.4) is 0 Å². The minimum Gasteiger partial charge on any atom is -0.490 e. The van der Waals surface area contributed by atoms with Crippen LogP contribution in [-0.4, -0.2) is 46.5 Å². The third-order valence-corrected chi connectivity index (χ3v) is 7.35. The number of rotatable bonds is 10. The number of anilines is 3. The predicted octanol–water partition coefficient (Wildman–Crippen LogP) is 7.27. The molecule has 0 radical (unpaired) electrons. The van der Waals surface area contributed by atoms with Gasteiger partial charge in [0, 0.05) is 42.0 Å². The van der Waals surface area contributed by atoms with Gasteiger partial charge in [0.1, 0.15) is 24.0 Å². The number of aromatic nitrogens is 3. The van der Waals surface area contributed by atoms with Gasteiger partial charge in [0.25, 0.3) is 5.91 Å². The monoisotopic (exact) mass is 620 g/mol. The van der Waals surface area contributed by atoms with Crippen LogP contribution in [0.2, 0.25) is 0 Å². The number of nitrogens with one attached hydrogen (secondary N) is 3. The topological polar surface area (TPSA) is 119 Å². The molecule has 238 valence electrons. The Morgan fingerprint density at radius 2 is 1.65 bits per heavy atom. The molecule has 5 rings (SSSR count). The molecule has 46 heavy (non-hydrogen) atoms. The number of amides is 3. The minimum atomic E-state index is -0.382. The molecule has 2 aromatic heterocycles. The molecule has 3 aromatic carbocycles. The molecule has 0 spiro atoms. The van der Waals surface area contributed by atoms with Crippen LogP contribution >= 0.6 is 0 Å². The van der Waals surface area contributed by atoms with Crippen molar-refractivity contribution in [1.82, 2.24) is 14.8 Å². The molecule has 0 saturated heterocycles. The van der Waals surface area contributed by atoms with E-state index in [0.29, 0.717) is 29.5 Å². The van der Waals surface area contributed by atoms with E-state index in [2.05, 4.69) is 41.7 Å². The van der Waals surface area contributed by atoms with Crippen molar-refractivity contribution in [2.24, 2.45) is 0 Å². The summed E-state index contributed by atoms with van der Waals surface area (Å²) in [4.78, 5) is 29.5.